The highest BCUT2D eigenvalue weighted by Crippen LogP contribution is 2.67. The summed E-state index contributed by atoms with van der Waals surface area (Å²) in [6.45, 7) is 3.41. The van der Waals surface area contributed by atoms with Gasteiger partial charge in [-0.3, -0.25) is 19.3 Å². The molecule has 1 amide bonds. The van der Waals surface area contributed by atoms with Crippen LogP contribution in [0.15, 0.2) is 42.5 Å². The minimum atomic E-state index is -4.49. The van der Waals surface area contributed by atoms with Gasteiger partial charge in [-0.15, -0.1) is 0 Å². The SMILES string of the molecule is CC(=O)Oc1ccc2c3c1OC1C(N(C)C(=O)/C=C/c4cccc(C(F)(F)F)c4)CC[C@@]4(OC(C)=O)[C@@H](C2)N(C)CC[C@]314. The van der Waals surface area contributed by atoms with Crippen molar-refractivity contribution in [2.75, 3.05) is 20.6 Å². The summed E-state index contributed by atoms with van der Waals surface area (Å²) in [6.07, 6.45) is -0.371. The van der Waals surface area contributed by atoms with Crippen LogP contribution in [0.2, 0.25) is 0 Å². The number of carbonyl (C=O) groups excluding carboxylic acids is 3. The molecule has 43 heavy (non-hydrogen) atoms. The van der Waals surface area contributed by atoms with Gasteiger partial charge in [-0.1, -0.05) is 18.2 Å². The lowest BCUT2D eigenvalue weighted by atomic mass is 9.48. The number of esters is 2. The third-order valence-electron chi connectivity index (χ3n) is 9.70. The smallest absolute Gasteiger partial charge is 0.416 e. The van der Waals surface area contributed by atoms with E-state index >= 15 is 0 Å². The molecule has 2 fully saturated rings. The average Bonchev–Trinajstić information content (AvgIpc) is 3.29. The van der Waals surface area contributed by atoms with Gasteiger partial charge in [0.1, 0.15) is 11.7 Å². The monoisotopic (exact) mass is 598 g/mol. The molecular formula is C32H33F3N2O6. The Morgan fingerprint density at radius 2 is 1.88 bits per heavy atom. The molecule has 2 aliphatic carbocycles. The minimum absolute atomic E-state index is 0.128. The molecule has 4 aliphatic rings. The molecular weight excluding hydrogens is 565 g/mol. The van der Waals surface area contributed by atoms with Crippen LogP contribution in [0, 0.1) is 0 Å². The van der Waals surface area contributed by atoms with Crippen molar-refractivity contribution in [3.05, 3.63) is 64.7 Å². The Bertz CT molecular complexity index is 1540. The zero-order valence-electron chi connectivity index (χ0n) is 24.4. The fraction of sp³-hybridized carbons (Fsp3) is 0.469. The summed E-state index contributed by atoms with van der Waals surface area (Å²) in [5, 5.41) is 0. The van der Waals surface area contributed by atoms with Crippen molar-refractivity contribution in [1.82, 2.24) is 9.80 Å². The Hall–Kier alpha value is -3.86. The van der Waals surface area contributed by atoms with Crippen molar-refractivity contribution in [2.24, 2.45) is 0 Å². The normalized spacial score (nSPS) is 29.0. The second kappa shape index (κ2) is 10.1. The Balaban J connectivity index is 1.41. The minimum Gasteiger partial charge on any atom is -0.483 e. The van der Waals surface area contributed by atoms with Gasteiger partial charge in [0.15, 0.2) is 11.5 Å². The molecule has 228 valence electrons. The number of hydrogen-bond acceptors (Lipinski definition) is 7. The lowest BCUT2D eigenvalue weighted by Crippen LogP contribution is -2.78. The van der Waals surface area contributed by atoms with Gasteiger partial charge in [0.25, 0.3) is 0 Å². The van der Waals surface area contributed by atoms with Crippen molar-refractivity contribution in [3.63, 3.8) is 0 Å². The topological polar surface area (TPSA) is 85.4 Å². The maximum absolute atomic E-state index is 13.5. The van der Waals surface area contributed by atoms with E-state index in [0.717, 1.165) is 23.3 Å². The average molecular weight is 599 g/mol. The third kappa shape index (κ3) is 4.42. The molecule has 8 nitrogen and oxygen atoms in total. The summed E-state index contributed by atoms with van der Waals surface area (Å²) >= 11 is 0. The molecule has 0 radical (unpaired) electrons. The van der Waals surface area contributed by atoms with Gasteiger partial charge >= 0.3 is 18.1 Å². The number of carbonyl (C=O) groups is 3. The molecule has 5 atom stereocenters. The van der Waals surface area contributed by atoms with Crippen LogP contribution in [0.5, 0.6) is 11.5 Å². The molecule has 0 N–H and O–H groups in total. The number of likely N-dealkylation sites (tertiary alicyclic amines) is 1. The molecule has 1 saturated carbocycles. The van der Waals surface area contributed by atoms with Gasteiger partial charge in [0, 0.05) is 32.5 Å². The Morgan fingerprint density at radius 1 is 1.12 bits per heavy atom. The van der Waals surface area contributed by atoms with Crippen LogP contribution < -0.4 is 9.47 Å². The number of alkyl halides is 3. The summed E-state index contributed by atoms with van der Waals surface area (Å²) < 4.78 is 58.2. The van der Waals surface area contributed by atoms with E-state index in [1.54, 1.807) is 18.0 Å². The van der Waals surface area contributed by atoms with E-state index in [9.17, 15) is 27.6 Å². The Labute approximate surface area is 247 Å². The largest absolute Gasteiger partial charge is 0.483 e. The van der Waals surface area contributed by atoms with Crippen LogP contribution in [0.3, 0.4) is 0 Å². The van der Waals surface area contributed by atoms with E-state index in [4.69, 9.17) is 14.2 Å². The van der Waals surface area contributed by atoms with Gasteiger partial charge in [0.05, 0.1) is 23.1 Å². The molecule has 2 heterocycles. The molecule has 2 bridgehead atoms. The van der Waals surface area contributed by atoms with E-state index < -0.39 is 52.7 Å². The predicted octanol–water partition coefficient (Wildman–Crippen LogP) is 4.53. The summed E-state index contributed by atoms with van der Waals surface area (Å²) in [4.78, 5) is 42.0. The lowest BCUT2D eigenvalue weighted by Gasteiger charge is -2.65. The first-order chi connectivity index (χ1) is 20.3. The molecule has 2 aromatic carbocycles. The summed E-state index contributed by atoms with van der Waals surface area (Å²) in [6, 6.07) is 7.84. The first-order valence-corrected chi connectivity index (χ1v) is 14.3. The van der Waals surface area contributed by atoms with Gasteiger partial charge in [0.2, 0.25) is 5.91 Å². The molecule has 1 saturated heterocycles. The number of halogens is 3. The van der Waals surface area contributed by atoms with Crippen molar-refractivity contribution >= 4 is 23.9 Å². The van der Waals surface area contributed by atoms with Gasteiger partial charge < -0.3 is 19.1 Å². The zero-order valence-corrected chi connectivity index (χ0v) is 24.4. The highest BCUT2D eigenvalue weighted by molar-refractivity contribution is 5.92. The molecule has 2 aromatic rings. The number of amides is 1. The molecule has 2 aliphatic heterocycles. The number of benzene rings is 2. The summed E-state index contributed by atoms with van der Waals surface area (Å²) in [5.41, 5.74) is -0.402. The van der Waals surface area contributed by atoms with E-state index in [-0.39, 0.29) is 17.4 Å². The molecule has 2 unspecified atom stereocenters. The van der Waals surface area contributed by atoms with Crippen molar-refractivity contribution in [2.45, 2.75) is 74.9 Å². The Kier molecular flexibility index (Phi) is 6.87. The number of likely N-dealkylation sites (N-methyl/N-ethyl adjacent to an activating group) is 2. The van der Waals surface area contributed by atoms with Crippen LogP contribution in [0.4, 0.5) is 13.2 Å². The van der Waals surface area contributed by atoms with E-state index in [1.165, 1.54) is 38.1 Å². The maximum Gasteiger partial charge on any atom is 0.416 e. The number of rotatable bonds is 5. The Morgan fingerprint density at radius 3 is 2.58 bits per heavy atom. The second-order valence-corrected chi connectivity index (χ2v) is 12.0. The van der Waals surface area contributed by atoms with E-state index in [2.05, 4.69) is 4.90 Å². The maximum atomic E-state index is 13.5. The first kappa shape index (κ1) is 29.2. The zero-order chi connectivity index (χ0) is 30.9. The van der Waals surface area contributed by atoms with Gasteiger partial charge in [-0.2, -0.15) is 13.2 Å². The number of piperidine rings is 1. The molecule has 11 heteroatoms. The third-order valence-corrected chi connectivity index (χ3v) is 9.70. The number of hydrogen-bond donors (Lipinski definition) is 0. The molecule has 6 rings (SSSR count). The van der Waals surface area contributed by atoms with Crippen LogP contribution in [-0.2, 0) is 37.1 Å². The molecule has 1 spiro atoms. The van der Waals surface area contributed by atoms with Crippen molar-refractivity contribution in [3.8, 4) is 11.5 Å². The summed E-state index contributed by atoms with van der Waals surface area (Å²) in [5.74, 6) is -0.595. The van der Waals surface area contributed by atoms with Crippen LogP contribution in [0.1, 0.15) is 55.4 Å². The highest BCUT2D eigenvalue weighted by Gasteiger charge is 2.75. The fourth-order valence-corrected chi connectivity index (χ4v) is 8.05. The van der Waals surface area contributed by atoms with Gasteiger partial charge in [-0.05, 0) is 74.7 Å². The van der Waals surface area contributed by atoms with Crippen LogP contribution in [0.25, 0.3) is 6.08 Å². The predicted molar refractivity (Wildman–Crippen MR) is 149 cm³/mol. The first-order valence-electron chi connectivity index (χ1n) is 14.3. The van der Waals surface area contributed by atoms with E-state index in [1.807, 2.05) is 13.1 Å². The standard InChI is InChI=1S/C32H33F3N2O6/c1-18(38)41-24-10-9-21-17-25-31(43-19(2)39)13-12-23(29-30(31,14-15-36(25)3)27(21)28(24)42-29)37(4)26(40)11-8-20-6-5-7-22(16-20)32(33,34)35/h5-11,16,23,25,29H,12-15,17H2,1-4H3/b11-8+/t23?,25-,29?,30+,31-/m1/s1. The summed E-state index contributed by atoms with van der Waals surface area (Å²) in [7, 11) is 3.67. The highest BCUT2D eigenvalue weighted by atomic mass is 19.4. The molecule has 0 aromatic heterocycles. The second-order valence-electron chi connectivity index (χ2n) is 12.0. The fourth-order valence-electron chi connectivity index (χ4n) is 8.05. The quantitative estimate of drug-likeness (QED) is 0.284. The lowest BCUT2D eigenvalue weighted by molar-refractivity contribution is -0.220. The number of nitrogens with zero attached hydrogens (tertiary/aromatic N) is 2. The van der Waals surface area contributed by atoms with Crippen LogP contribution >= 0.6 is 0 Å². The van der Waals surface area contributed by atoms with Gasteiger partial charge in [-0.25, -0.2) is 0 Å². The van der Waals surface area contributed by atoms with Crippen LogP contribution in [-0.4, -0.2) is 72.1 Å². The van der Waals surface area contributed by atoms with E-state index in [0.29, 0.717) is 38.0 Å². The van der Waals surface area contributed by atoms with Crippen molar-refractivity contribution in [1.29, 1.82) is 0 Å². The number of ether oxygens (including phenoxy) is 3. The van der Waals surface area contributed by atoms with Crippen molar-refractivity contribution < 1.29 is 41.8 Å².